The second kappa shape index (κ2) is 7.72. The number of nitro benzene ring substituents is 1. The third-order valence-corrected chi connectivity index (χ3v) is 5.16. The molecule has 2 aliphatic heterocycles. The molecule has 0 atom stereocenters. The van der Waals surface area contributed by atoms with Crippen LogP contribution in [0.3, 0.4) is 0 Å². The molecule has 0 spiro atoms. The Morgan fingerprint density at radius 1 is 1.00 bits per heavy atom. The fourth-order valence-corrected chi connectivity index (χ4v) is 3.71. The van der Waals surface area contributed by atoms with E-state index in [2.05, 4.69) is 0 Å². The number of piperidine rings is 2. The number of rotatable bonds is 3. The molecular formula is C18H23N3O5. The van der Waals surface area contributed by atoms with E-state index >= 15 is 0 Å². The van der Waals surface area contributed by atoms with Gasteiger partial charge in [-0.15, -0.1) is 0 Å². The molecule has 2 saturated heterocycles. The summed E-state index contributed by atoms with van der Waals surface area (Å²) in [6, 6.07) is 3.42. The van der Waals surface area contributed by atoms with Crippen molar-refractivity contribution in [2.75, 3.05) is 26.2 Å². The molecule has 1 aromatic carbocycles. The Morgan fingerprint density at radius 2 is 1.65 bits per heavy atom. The summed E-state index contributed by atoms with van der Waals surface area (Å²) in [5, 5.41) is 20.5. The molecule has 0 aromatic heterocycles. The predicted molar refractivity (Wildman–Crippen MR) is 93.8 cm³/mol. The number of hydrogen-bond donors (Lipinski definition) is 1. The molecule has 2 fully saturated rings. The van der Waals surface area contributed by atoms with E-state index in [1.54, 1.807) is 4.90 Å². The van der Waals surface area contributed by atoms with E-state index in [9.17, 15) is 24.8 Å². The van der Waals surface area contributed by atoms with E-state index in [4.69, 9.17) is 0 Å². The average Bonchev–Trinajstić information content (AvgIpc) is 2.67. The zero-order chi connectivity index (χ0) is 18.7. The van der Waals surface area contributed by atoms with Gasteiger partial charge in [0.15, 0.2) is 0 Å². The minimum atomic E-state index is -0.639. The molecule has 26 heavy (non-hydrogen) atoms. The van der Waals surface area contributed by atoms with Crippen LogP contribution >= 0.6 is 0 Å². The smallest absolute Gasteiger partial charge is 0.273 e. The number of aromatic hydroxyl groups is 1. The van der Waals surface area contributed by atoms with Crippen LogP contribution in [-0.2, 0) is 4.79 Å². The number of nitrogens with zero attached hydrogens (tertiary/aromatic N) is 3. The fraction of sp³-hybridized carbons (Fsp3) is 0.556. The van der Waals surface area contributed by atoms with Crippen molar-refractivity contribution in [2.45, 2.75) is 32.1 Å². The van der Waals surface area contributed by atoms with Gasteiger partial charge in [0.25, 0.3) is 11.6 Å². The molecule has 0 saturated carbocycles. The summed E-state index contributed by atoms with van der Waals surface area (Å²) in [5.74, 6) is -0.536. The summed E-state index contributed by atoms with van der Waals surface area (Å²) in [7, 11) is 0. The van der Waals surface area contributed by atoms with Crippen molar-refractivity contribution in [3.63, 3.8) is 0 Å². The zero-order valence-corrected chi connectivity index (χ0v) is 14.6. The molecule has 2 amide bonds. The number of phenols is 1. The van der Waals surface area contributed by atoms with Crippen LogP contribution in [0.1, 0.15) is 42.5 Å². The molecule has 1 N–H and O–H groups in total. The molecule has 0 bridgehead atoms. The van der Waals surface area contributed by atoms with E-state index in [0.717, 1.165) is 32.0 Å². The molecule has 140 valence electrons. The molecule has 2 aliphatic rings. The van der Waals surface area contributed by atoms with Gasteiger partial charge in [0.2, 0.25) is 5.91 Å². The quantitative estimate of drug-likeness (QED) is 0.656. The minimum Gasteiger partial charge on any atom is -0.508 e. The van der Waals surface area contributed by atoms with Crippen LogP contribution in [0.5, 0.6) is 5.75 Å². The highest BCUT2D eigenvalue weighted by Crippen LogP contribution is 2.26. The Balaban J connectivity index is 1.61. The first-order valence-electron chi connectivity index (χ1n) is 9.02. The van der Waals surface area contributed by atoms with E-state index < -0.39 is 4.92 Å². The van der Waals surface area contributed by atoms with Crippen molar-refractivity contribution in [2.24, 2.45) is 5.92 Å². The molecule has 1 aromatic rings. The van der Waals surface area contributed by atoms with Gasteiger partial charge in [-0.25, -0.2) is 0 Å². The highest BCUT2D eigenvalue weighted by Gasteiger charge is 2.31. The first-order chi connectivity index (χ1) is 12.5. The largest absolute Gasteiger partial charge is 0.508 e. The van der Waals surface area contributed by atoms with E-state index in [1.165, 1.54) is 18.6 Å². The summed E-state index contributed by atoms with van der Waals surface area (Å²) in [4.78, 5) is 39.0. The molecule has 2 heterocycles. The number of carbonyl (C=O) groups is 2. The monoisotopic (exact) mass is 361 g/mol. The van der Waals surface area contributed by atoms with Crippen LogP contribution in [0, 0.1) is 16.0 Å². The van der Waals surface area contributed by atoms with Crippen LogP contribution in [-0.4, -0.2) is 57.8 Å². The predicted octanol–water partition coefficient (Wildman–Crippen LogP) is 2.17. The van der Waals surface area contributed by atoms with Gasteiger partial charge < -0.3 is 14.9 Å². The first kappa shape index (κ1) is 18.2. The van der Waals surface area contributed by atoms with E-state index in [-0.39, 0.29) is 34.7 Å². The third kappa shape index (κ3) is 3.95. The van der Waals surface area contributed by atoms with Crippen molar-refractivity contribution < 1.29 is 19.6 Å². The number of non-ortho nitro benzene ring substituents is 1. The summed E-state index contributed by atoms with van der Waals surface area (Å²) in [6.45, 7) is 2.52. The second-order valence-corrected chi connectivity index (χ2v) is 6.95. The SMILES string of the molecule is O=C(c1cc(O)cc([N+](=O)[O-])c1)N1CCC(C(=O)N2CCCCC2)CC1. The Kier molecular flexibility index (Phi) is 5.39. The van der Waals surface area contributed by atoms with Crippen LogP contribution in [0.2, 0.25) is 0 Å². The van der Waals surface area contributed by atoms with Gasteiger partial charge in [-0.2, -0.15) is 0 Å². The lowest BCUT2D eigenvalue weighted by atomic mass is 9.94. The molecule has 0 unspecified atom stereocenters. The third-order valence-electron chi connectivity index (χ3n) is 5.16. The number of carbonyl (C=O) groups excluding carboxylic acids is 2. The Bertz CT molecular complexity index is 707. The number of hydrogen-bond acceptors (Lipinski definition) is 5. The zero-order valence-electron chi connectivity index (χ0n) is 14.6. The van der Waals surface area contributed by atoms with Gasteiger partial charge in [0.05, 0.1) is 16.6 Å². The Labute approximate surface area is 151 Å². The highest BCUT2D eigenvalue weighted by molar-refractivity contribution is 5.95. The average molecular weight is 361 g/mol. The van der Waals surface area contributed by atoms with Crippen LogP contribution in [0.4, 0.5) is 5.69 Å². The first-order valence-corrected chi connectivity index (χ1v) is 9.02. The maximum Gasteiger partial charge on any atom is 0.273 e. The topological polar surface area (TPSA) is 104 Å². The van der Waals surface area contributed by atoms with Crippen molar-refractivity contribution in [3.05, 3.63) is 33.9 Å². The summed E-state index contributed by atoms with van der Waals surface area (Å²) >= 11 is 0. The van der Waals surface area contributed by atoms with Gasteiger partial charge in [0, 0.05) is 38.2 Å². The van der Waals surface area contributed by atoms with Crippen LogP contribution in [0.25, 0.3) is 0 Å². The number of likely N-dealkylation sites (tertiary alicyclic amines) is 2. The van der Waals surface area contributed by atoms with Crippen molar-refractivity contribution in [1.82, 2.24) is 9.80 Å². The van der Waals surface area contributed by atoms with Gasteiger partial charge in [-0.3, -0.25) is 19.7 Å². The minimum absolute atomic E-state index is 0.0596. The fourth-order valence-electron chi connectivity index (χ4n) is 3.71. The Hall–Kier alpha value is -2.64. The lowest BCUT2D eigenvalue weighted by Crippen LogP contribution is -2.45. The van der Waals surface area contributed by atoms with Crippen molar-refractivity contribution in [1.29, 1.82) is 0 Å². The number of nitro groups is 1. The van der Waals surface area contributed by atoms with Gasteiger partial charge in [-0.1, -0.05) is 0 Å². The van der Waals surface area contributed by atoms with Gasteiger partial charge >= 0.3 is 0 Å². The summed E-state index contributed by atoms with van der Waals surface area (Å²) in [5.41, 5.74) is -0.221. The van der Waals surface area contributed by atoms with Gasteiger partial charge in [0.1, 0.15) is 5.75 Å². The normalized spacial score (nSPS) is 18.6. The van der Waals surface area contributed by atoms with Crippen molar-refractivity contribution in [3.8, 4) is 5.75 Å². The van der Waals surface area contributed by atoms with Crippen LogP contribution in [0.15, 0.2) is 18.2 Å². The van der Waals surface area contributed by atoms with Crippen molar-refractivity contribution >= 4 is 17.5 Å². The molecule has 0 aliphatic carbocycles. The second-order valence-electron chi connectivity index (χ2n) is 6.95. The number of benzene rings is 1. The summed E-state index contributed by atoms with van der Waals surface area (Å²) < 4.78 is 0. The number of amides is 2. The lowest BCUT2D eigenvalue weighted by molar-refractivity contribution is -0.385. The van der Waals surface area contributed by atoms with E-state index in [0.29, 0.717) is 25.9 Å². The molecular weight excluding hydrogens is 338 g/mol. The molecule has 8 heteroatoms. The van der Waals surface area contributed by atoms with E-state index in [1.807, 2.05) is 4.90 Å². The number of phenolic OH excluding ortho intramolecular Hbond substituents is 1. The standard InChI is InChI=1S/C18H23N3O5/c22-16-11-14(10-15(12-16)21(25)26)18(24)20-8-4-13(5-9-20)17(23)19-6-2-1-3-7-19/h10-13,22H,1-9H2. The highest BCUT2D eigenvalue weighted by atomic mass is 16.6. The molecule has 8 nitrogen and oxygen atoms in total. The maximum atomic E-state index is 12.6. The lowest BCUT2D eigenvalue weighted by Gasteiger charge is -2.35. The van der Waals surface area contributed by atoms with Crippen LogP contribution < -0.4 is 0 Å². The maximum absolute atomic E-state index is 12.6. The molecule has 3 rings (SSSR count). The molecule has 0 radical (unpaired) electrons. The summed E-state index contributed by atoms with van der Waals surface area (Å²) in [6.07, 6.45) is 4.48. The van der Waals surface area contributed by atoms with Gasteiger partial charge in [-0.05, 0) is 38.2 Å². The Morgan fingerprint density at radius 3 is 2.27 bits per heavy atom.